The first-order valence-corrected chi connectivity index (χ1v) is 10.0. The van der Waals surface area contributed by atoms with Gasteiger partial charge in [0.25, 0.3) is 0 Å². The molecule has 4 heterocycles. The van der Waals surface area contributed by atoms with Crippen molar-refractivity contribution in [2.45, 2.75) is 52.4 Å². The Balaban J connectivity index is 1.77. The second-order valence-corrected chi connectivity index (χ2v) is 8.75. The van der Waals surface area contributed by atoms with Crippen LogP contribution >= 0.6 is 0 Å². The van der Waals surface area contributed by atoms with Crippen molar-refractivity contribution in [3.05, 3.63) is 25.3 Å². The molecule has 2 aliphatic heterocycles. The Morgan fingerprint density at radius 3 is 1.47 bits per heavy atom. The van der Waals surface area contributed by atoms with Gasteiger partial charge in [0.2, 0.25) is 0 Å². The number of aromatic nitrogens is 6. The summed E-state index contributed by atoms with van der Waals surface area (Å²) in [5.41, 5.74) is -1.48. The smallest absolute Gasteiger partial charge is 0.183 e. The minimum absolute atomic E-state index is 0.140. The first-order valence-electron chi connectivity index (χ1n) is 10.0. The maximum absolute atomic E-state index is 14.2. The zero-order valence-corrected chi connectivity index (χ0v) is 17.7. The summed E-state index contributed by atoms with van der Waals surface area (Å²) in [7, 11) is 0. The zero-order chi connectivity index (χ0) is 21.4. The highest BCUT2D eigenvalue weighted by atomic mass is 16.7. The molecule has 0 aromatic carbocycles. The van der Waals surface area contributed by atoms with E-state index in [1.54, 1.807) is 9.36 Å². The molecule has 30 heavy (non-hydrogen) atoms. The van der Waals surface area contributed by atoms with Crippen molar-refractivity contribution in [3.8, 4) is 0 Å². The van der Waals surface area contributed by atoms with Gasteiger partial charge in [0.05, 0.1) is 26.4 Å². The third kappa shape index (κ3) is 3.66. The lowest BCUT2D eigenvalue weighted by Gasteiger charge is -2.42. The van der Waals surface area contributed by atoms with Gasteiger partial charge in [-0.2, -0.15) is 10.2 Å². The molecule has 0 aliphatic carbocycles. The van der Waals surface area contributed by atoms with Crippen molar-refractivity contribution < 1.29 is 23.7 Å². The van der Waals surface area contributed by atoms with Crippen molar-refractivity contribution in [1.29, 1.82) is 0 Å². The van der Waals surface area contributed by atoms with Gasteiger partial charge in [-0.15, -0.1) is 0 Å². The molecule has 2 saturated heterocycles. The predicted molar refractivity (Wildman–Crippen MR) is 102 cm³/mol. The van der Waals surface area contributed by atoms with Crippen molar-refractivity contribution in [2.24, 2.45) is 10.8 Å². The minimum Gasteiger partial charge on any atom is -0.350 e. The summed E-state index contributed by atoms with van der Waals surface area (Å²) in [6.07, 6.45) is 4.76. The summed E-state index contributed by atoms with van der Waals surface area (Å²) >= 11 is 0. The number of hydrogen-bond acceptors (Lipinski definition) is 9. The van der Waals surface area contributed by atoms with Gasteiger partial charge in [-0.3, -0.25) is 4.79 Å². The Kier molecular flexibility index (Phi) is 5.71. The molecule has 2 aromatic rings. The maximum Gasteiger partial charge on any atom is 0.183 e. The van der Waals surface area contributed by atoms with E-state index < -0.39 is 35.5 Å². The Labute approximate surface area is 174 Å². The quantitative estimate of drug-likeness (QED) is 0.617. The molecule has 0 saturated carbocycles. The fourth-order valence-electron chi connectivity index (χ4n) is 4.36. The van der Waals surface area contributed by atoms with Gasteiger partial charge < -0.3 is 18.9 Å². The Morgan fingerprint density at radius 1 is 0.800 bits per heavy atom. The third-order valence-electron chi connectivity index (χ3n) is 5.81. The van der Waals surface area contributed by atoms with Crippen LogP contribution in [0.1, 0.15) is 39.8 Å². The van der Waals surface area contributed by atoms with Crippen LogP contribution in [-0.2, 0) is 23.7 Å². The van der Waals surface area contributed by atoms with Gasteiger partial charge in [-0.05, 0) is 0 Å². The number of Topliss-reactive ketones (excluding diaryl/α,β-unsaturated/α-hetero) is 1. The van der Waals surface area contributed by atoms with Crippen LogP contribution < -0.4 is 0 Å². The van der Waals surface area contributed by atoms with Crippen molar-refractivity contribution in [1.82, 2.24) is 29.5 Å². The molecule has 0 spiro atoms. The summed E-state index contributed by atoms with van der Waals surface area (Å²) in [5.74, 6) is -0.140. The lowest BCUT2D eigenvalue weighted by molar-refractivity contribution is -0.170. The molecule has 2 unspecified atom stereocenters. The first kappa shape index (κ1) is 21.0. The Hall–Kier alpha value is -2.21. The van der Waals surface area contributed by atoms with E-state index in [0.29, 0.717) is 26.4 Å². The summed E-state index contributed by atoms with van der Waals surface area (Å²) < 4.78 is 26.2. The average Bonchev–Trinajstić information content (AvgIpc) is 3.50. The highest BCUT2D eigenvalue weighted by Gasteiger charge is 2.54. The number of hydrogen-bond donors (Lipinski definition) is 0. The standard InChI is InChI=1S/C19H28N6O5/c1-18(2,16-27-5-6-28-16)14(24-11-20-9-22-24)13(26)15(25-12-21-10-23-25)19(3,4)17-29-7-8-30-17/h9-12,14-17H,5-8H2,1-4H3. The third-order valence-corrected chi connectivity index (χ3v) is 5.81. The van der Waals surface area contributed by atoms with Gasteiger partial charge in [0.1, 0.15) is 37.4 Å². The van der Waals surface area contributed by atoms with Gasteiger partial charge >= 0.3 is 0 Å². The first-order chi connectivity index (χ1) is 14.3. The molecule has 0 radical (unpaired) electrons. The summed E-state index contributed by atoms with van der Waals surface area (Å²) in [4.78, 5) is 22.4. The molecule has 2 aliphatic rings. The van der Waals surface area contributed by atoms with Crippen LogP contribution in [0.25, 0.3) is 0 Å². The number of nitrogens with zero attached hydrogens (tertiary/aromatic N) is 6. The highest BCUT2D eigenvalue weighted by Crippen LogP contribution is 2.46. The van der Waals surface area contributed by atoms with E-state index in [1.807, 2.05) is 27.7 Å². The average molecular weight is 420 g/mol. The number of carbonyl (C=O) groups is 1. The van der Waals surface area contributed by atoms with Gasteiger partial charge in [0.15, 0.2) is 18.4 Å². The van der Waals surface area contributed by atoms with Crippen molar-refractivity contribution in [2.75, 3.05) is 26.4 Å². The van der Waals surface area contributed by atoms with Crippen LogP contribution in [0.15, 0.2) is 25.3 Å². The molecule has 164 valence electrons. The van der Waals surface area contributed by atoms with E-state index >= 15 is 0 Å². The second-order valence-electron chi connectivity index (χ2n) is 8.75. The maximum atomic E-state index is 14.2. The van der Waals surface area contributed by atoms with E-state index in [9.17, 15) is 4.79 Å². The number of carbonyl (C=O) groups excluding carboxylic acids is 1. The largest absolute Gasteiger partial charge is 0.350 e. The van der Waals surface area contributed by atoms with E-state index in [4.69, 9.17) is 18.9 Å². The van der Waals surface area contributed by atoms with Crippen LogP contribution in [0.4, 0.5) is 0 Å². The Morgan fingerprint density at radius 2 is 1.17 bits per heavy atom. The topological polar surface area (TPSA) is 115 Å². The van der Waals surface area contributed by atoms with Crippen LogP contribution in [0, 0.1) is 10.8 Å². The fourth-order valence-corrected chi connectivity index (χ4v) is 4.36. The van der Waals surface area contributed by atoms with Gasteiger partial charge in [-0.25, -0.2) is 19.3 Å². The number of ketones is 1. The number of ether oxygens (including phenoxy) is 4. The van der Waals surface area contributed by atoms with E-state index in [-0.39, 0.29) is 5.78 Å². The molecule has 11 heteroatoms. The second kappa shape index (κ2) is 8.14. The molecule has 0 bridgehead atoms. The van der Waals surface area contributed by atoms with Crippen LogP contribution in [0.3, 0.4) is 0 Å². The molecule has 2 aromatic heterocycles. The SMILES string of the molecule is CC(C)(C1OCCO1)C(C(=O)C(n1cncn1)C(C)(C)C1OCCO1)n1cncn1. The van der Waals surface area contributed by atoms with Crippen LogP contribution in [-0.4, -0.2) is 74.3 Å². The fraction of sp³-hybridized carbons (Fsp3) is 0.737. The monoisotopic (exact) mass is 420 g/mol. The minimum atomic E-state index is -0.742. The molecule has 0 N–H and O–H groups in total. The molecule has 2 fully saturated rings. The van der Waals surface area contributed by atoms with Crippen molar-refractivity contribution >= 4 is 5.78 Å². The lowest BCUT2D eigenvalue weighted by Crippen LogP contribution is -2.50. The molecule has 11 nitrogen and oxygen atoms in total. The van der Waals surface area contributed by atoms with E-state index in [2.05, 4.69) is 20.2 Å². The summed E-state index contributed by atoms with van der Waals surface area (Å²) in [6.45, 7) is 9.65. The normalized spacial score (nSPS) is 21.2. The highest BCUT2D eigenvalue weighted by molar-refractivity contribution is 5.87. The van der Waals surface area contributed by atoms with E-state index in [0.717, 1.165) is 0 Å². The molecule has 2 atom stereocenters. The molecule has 0 amide bonds. The zero-order valence-electron chi connectivity index (χ0n) is 17.7. The molecule has 4 rings (SSSR count). The predicted octanol–water partition coefficient (Wildman–Crippen LogP) is 1.02. The van der Waals surface area contributed by atoms with Gasteiger partial charge in [0, 0.05) is 10.8 Å². The van der Waals surface area contributed by atoms with Crippen LogP contribution in [0.2, 0.25) is 0 Å². The number of rotatable bonds is 8. The van der Waals surface area contributed by atoms with Gasteiger partial charge in [-0.1, -0.05) is 27.7 Å². The Bertz CT molecular complexity index is 757. The summed E-state index contributed by atoms with van der Waals surface area (Å²) in [5, 5.41) is 8.57. The van der Waals surface area contributed by atoms with Crippen LogP contribution in [0.5, 0.6) is 0 Å². The summed E-state index contributed by atoms with van der Waals surface area (Å²) in [6, 6.07) is -1.48. The molecular formula is C19H28N6O5. The van der Waals surface area contributed by atoms with E-state index in [1.165, 1.54) is 25.3 Å². The molecular weight excluding hydrogens is 392 g/mol. The van der Waals surface area contributed by atoms with Crippen molar-refractivity contribution in [3.63, 3.8) is 0 Å². The lowest BCUT2D eigenvalue weighted by atomic mass is 9.73.